The van der Waals surface area contributed by atoms with E-state index in [0.717, 1.165) is 24.0 Å². The lowest BCUT2D eigenvalue weighted by molar-refractivity contribution is -0.0505. The summed E-state index contributed by atoms with van der Waals surface area (Å²) in [6, 6.07) is 1.77. The lowest BCUT2D eigenvalue weighted by Crippen LogP contribution is -2.44. The van der Waals surface area contributed by atoms with Gasteiger partial charge in [0.2, 0.25) is 0 Å². The van der Waals surface area contributed by atoms with Gasteiger partial charge in [0.15, 0.2) is 0 Å². The van der Waals surface area contributed by atoms with E-state index in [0.29, 0.717) is 19.3 Å². The van der Waals surface area contributed by atoms with Crippen LogP contribution in [-0.4, -0.2) is 27.5 Å². The van der Waals surface area contributed by atoms with E-state index in [1.807, 2.05) is 6.92 Å². The summed E-state index contributed by atoms with van der Waals surface area (Å²) >= 11 is 0. The molecule has 3 heteroatoms. The van der Waals surface area contributed by atoms with Crippen LogP contribution in [0.3, 0.4) is 0 Å². The maximum absolute atomic E-state index is 10.6. The summed E-state index contributed by atoms with van der Waals surface area (Å²) in [5.41, 5.74) is 1.21. The second kappa shape index (κ2) is 4.47. The molecule has 4 rings (SSSR count). The van der Waals surface area contributed by atoms with Crippen molar-refractivity contribution in [2.45, 2.75) is 57.1 Å². The van der Waals surface area contributed by atoms with Crippen molar-refractivity contribution in [2.75, 3.05) is 0 Å². The Balaban J connectivity index is 1.77. The number of hydrogen-bond donors (Lipinski definition) is 3. The number of fused-ring (bicyclic) bond motifs is 5. The Morgan fingerprint density at radius 2 is 2.19 bits per heavy atom. The van der Waals surface area contributed by atoms with E-state index in [1.165, 1.54) is 0 Å². The Hall–Kier alpha value is -1.06. The zero-order valence-electron chi connectivity index (χ0n) is 15.3. The van der Waals surface area contributed by atoms with Crippen molar-refractivity contribution in [1.82, 2.24) is 0 Å². The summed E-state index contributed by atoms with van der Waals surface area (Å²) < 4.78 is 24.3. The van der Waals surface area contributed by atoms with E-state index < -0.39 is 17.6 Å². The van der Waals surface area contributed by atoms with Crippen LogP contribution in [-0.2, 0) is 6.42 Å². The number of aliphatic hydroxyl groups is 2. The largest absolute Gasteiger partial charge is 0.508 e. The van der Waals surface area contributed by atoms with Crippen LogP contribution in [0.25, 0.3) is 0 Å². The normalized spacial score (nSPS) is 50.3. The highest BCUT2D eigenvalue weighted by atomic mass is 16.3. The first-order chi connectivity index (χ1) is 11.2. The van der Waals surface area contributed by atoms with Crippen LogP contribution in [0.2, 0.25) is 0 Å². The Labute approximate surface area is 129 Å². The van der Waals surface area contributed by atoms with Crippen molar-refractivity contribution in [3.8, 4) is 5.75 Å². The summed E-state index contributed by atoms with van der Waals surface area (Å²) in [5.74, 6) is 0.249. The number of phenols is 1. The van der Waals surface area contributed by atoms with Gasteiger partial charge >= 0.3 is 0 Å². The number of hydrogen-bond acceptors (Lipinski definition) is 3. The van der Waals surface area contributed by atoms with Gasteiger partial charge in [0.1, 0.15) is 5.75 Å². The highest BCUT2D eigenvalue weighted by Crippen LogP contribution is 2.60. The summed E-state index contributed by atoms with van der Waals surface area (Å²) in [5, 5.41) is 30.7. The summed E-state index contributed by atoms with van der Waals surface area (Å²) in [7, 11) is 0. The van der Waals surface area contributed by atoms with Crippen LogP contribution in [0.5, 0.6) is 5.75 Å². The highest BCUT2D eigenvalue weighted by molar-refractivity contribution is 5.40. The van der Waals surface area contributed by atoms with Crippen molar-refractivity contribution < 1.29 is 19.4 Å². The molecule has 1 aromatic carbocycles. The molecule has 0 saturated heterocycles. The molecule has 3 aliphatic rings. The average molecular weight is 291 g/mol. The van der Waals surface area contributed by atoms with Crippen LogP contribution in [0.15, 0.2) is 18.2 Å². The van der Waals surface area contributed by atoms with Crippen LogP contribution in [0.1, 0.15) is 53.8 Å². The minimum Gasteiger partial charge on any atom is -0.508 e. The van der Waals surface area contributed by atoms with Gasteiger partial charge in [-0.1, -0.05) is 13.0 Å². The van der Waals surface area contributed by atoms with Crippen molar-refractivity contribution in [2.24, 2.45) is 17.3 Å². The predicted octanol–water partition coefficient (Wildman–Crippen LogP) is 2.58. The van der Waals surface area contributed by atoms with Crippen molar-refractivity contribution in [3.63, 3.8) is 0 Å². The fourth-order valence-corrected chi connectivity index (χ4v) is 5.22. The Morgan fingerprint density at radius 1 is 1.38 bits per heavy atom. The minimum absolute atomic E-state index is 0.00353. The molecule has 3 N–H and O–H groups in total. The molecule has 0 radical (unpaired) electrons. The van der Waals surface area contributed by atoms with Gasteiger partial charge in [-0.3, -0.25) is 0 Å². The van der Waals surface area contributed by atoms with Gasteiger partial charge in [-0.15, -0.1) is 0 Å². The van der Waals surface area contributed by atoms with Gasteiger partial charge < -0.3 is 15.3 Å². The van der Waals surface area contributed by atoms with E-state index in [-0.39, 0.29) is 35.6 Å². The van der Waals surface area contributed by atoms with Crippen molar-refractivity contribution in [1.29, 1.82) is 0 Å². The van der Waals surface area contributed by atoms with E-state index in [9.17, 15) is 15.3 Å². The van der Waals surface area contributed by atoms with Gasteiger partial charge in [-0.05, 0) is 78.5 Å². The number of rotatable bonds is 0. The minimum atomic E-state index is -1.81. The molecular formula is C18H24O3. The third-order valence-electron chi connectivity index (χ3n) is 6.31. The van der Waals surface area contributed by atoms with E-state index in [1.54, 1.807) is 6.07 Å². The first-order valence-electron chi connectivity index (χ1n) is 9.41. The molecule has 114 valence electrons. The summed E-state index contributed by atoms with van der Waals surface area (Å²) in [6.45, 7) is 1.93. The quantitative estimate of drug-likeness (QED) is 0.688. The maximum atomic E-state index is 10.6. The van der Waals surface area contributed by atoms with Crippen molar-refractivity contribution in [3.05, 3.63) is 29.3 Å². The number of aromatic hydroxyl groups is 1. The Kier molecular flexibility index (Phi) is 2.26. The van der Waals surface area contributed by atoms with E-state index in [2.05, 4.69) is 0 Å². The predicted molar refractivity (Wildman–Crippen MR) is 80.1 cm³/mol. The van der Waals surface area contributed by atoms with Gasteiger partial charge in [-0.25, -0.2) is 0 Å². The highest BCUT2D eigenvalue weighted by Gasteiger charge is 2.57. The third kappa shape index (κ3) is 1.80. The zero-order chi connectivity index (χ0) is 17.4. The first kappa shape index (κ1) is 10.6. The van der Waals surface area contributed by atoms with Crippen LogP contribution >= 0.6 is 0 Å². The standard InChI is InChI=1S/C18H24O3/c1-18-7-6-13-12-5-3-11(19)8-10(12)2-4-14(13)15(18)9-16(20)17(18)21/h3,5,8,13-17,19-21H,2,4,6-7,9H2,1H3/t13-,14-,15+,16-,17+,18+/m0/s1/i3D,8D,17D. The van der Waals surface area contributed by atoms with Gasteiger partial charge in [-0.2, -0.15) is 0 Å². The SMILES string of the molecule is [2H]c1cc2c(c([2H])c1O)CC[C@@H]1[C@H]3C[C@H](O)[C@@]([2H])(O)[C@]3(C)CC[C@@H]21. The lowest BCUT2D eigenvalue weighted by atomic mass is 9.55. The van der Waals surface area contributed by atoms with Gasteiger partial charge in [0, 0.05) is 0 Å². The molecule has 3 nitrogen and oxygen atoms in total. The van der Waals surface area contributed by atoms with Crippen LogP contribution in [0, 0.1) is 17.3 Å². The molecule has 0 spiro atoms. The van der Waals surface area contributed by atoms with Gasteiger partial charge in [0.05, 0.1) is 16.3 Å². The first-order valence-corrected chi connectivity index (χ1v) is 7.91. The fourth-order valence-electron chi connectivity index (χ4n) is 5.22. The molecule has 2 saturated carbocycles. The van der Waals surface area contributed by atoms with Crippen molar-refractivity contribution >= 4 is 0 Å². The van der Waals surface area contributed by atoms with Gasteiger partial charge in [0.25, 0.3) is 0 Å². The molecule has 0 aromatic heterocycles. The topological polar surface area (TPSA) is 60.7 Å². The molecular weight excluding hydrogens is 264 g/mol. The second-order valence-electron chi connectivity index (χ2n) is 7.20. The molecule has 2 fully saturated rings. The second-order valence-corrected chi connectivity index (χ2v) is 7.20. The summed E-state index contributed by atoms with van der Waals surface area (Å²) in [4.78, 5) is 0. The molecule has 3 aliphatic carbocycles. The Morgan fingerprint density at radius 3 is 3.00 bits per heavy atom. The molecule has 0 bridgehead atoms. The monoisotopic (exact) mass is 291 g/mol. The lowest BCUT2D eigenvalue weighted by Gasteiger charge is -2.49. The number of benzene rings is 1. The van der Waals surface area contributed by atoms with Crippen LogP contribution < -0.4 is 0 Å². The summed E-state index contributed by atoms with van der Waals surface area (Å²) in [6.07, 6.45) is 0.544. The zero-order valence-corrected chi connectivity index (χ0v) is 12.3. The fraction of sp³-hybridized carbons (Fsp3) is 0.667. The molecule has 0 unspecified atom stereocenters. The molecule has 0 aliphatic heterocycles. The number of phenolic OH excluding ortho intramolecular Hbond substituents is 1. The molecule has 0 heterocycles. The van der Waals surface area contributed by atoms with Crippen LogP contribution in [0.4, 0.5) is 0 Å². The molecule has 1 aromatic rings. The maximum Gasteiger partial charge on any atom is 0.115 e. The molecule has 6 atom stereocenters. The number of aliphatic hydroxyl groups excluding tert-OH is 1. The smallest absolute Gasteiger partial charge is 0.115 e. The van der Waals surface area contributed by atoms with E-state index in [4.69, 9.17) is 4.11 Å². The molecule has 21 heavy (non-hydrogen) atoms. The Bertz CT molecular complexity index is 705. The van der Waals surface area contributed by atoms with E-state index >= 15 is 0 Å². The third-order valence-corrected chi connectivity index (χ3v) is 6.31. The molecule has 0 amide bonds. The average Bonchev–Trinajstić information content (AvgIpc) is 2.72.